The van der Waals surface area contributed by atoms with E-state index in [-0.39, 0.29) is 18.1 Å². The predicted molar refractivity (Wildman–Crippen MR) is 102 cm³/mol. The standard InChI is InChI=1S/C20H32N2O4/c1-13(2)25-18(23)17(22-19(24)26-20(4,5)6)12-16(14(3)21)15-10-8-7-9-11-15/h7-11,13-14,16-17H,12,21H2,1-6H3,(H,22,24)/t14-,16-,17+/m0/s1. The molecule has 0 fully saturated rings. The van der Waals surface area contributed by atoms with Crippen LogP contribution >= 0.6 is 0 Å². The molecule has 0 spiro atoms. The minimum absolute atomic E-state index is 0.115. The SMILES string of the molecule is CC(C)OC(=O)[C@@H](C[C@H](c1ccccc1)[C@H](C)N)NC(=O)OC(C)(C)C. The van der Waals surface area contributed by atoms with Crippen LogP contribution in [-0.2, 0) is 14.3 Å². The van der Waals surface area contributed by atoms with E-state index in [1.807, 2.05) is 37.3 Å². The zero-order chi connectivity index (χ0) is 19.9. The number of benzene rings is 1. The highest BCUT2D eigenvalue weighted by Gasteiger charge is 2.30. The van der Waals surface area contributed by atoms with Crippen molar-refractivity contribution in [2.45, 2.75) is 77.7 Å². The van der Waals surface area contributed by atoms with Crippen molar-refractivity contribution in [3.05, 3.63) is 35.9 Å². The first-order chi connectivity index (χ1) is 12.0. The summed E-state index contributed by atoms with van der Waals surface area (Å²) in [6.45, 7) is 10.7. The van der Waals surface area contributed by atoms with Crippen LogP contribution in [0.5, 0.6) is 0 Å². The number of amides is 1. The summed E-state index contributed by atoms with van der Waals surface area (Å²) in [4.78, 5) is 24.7. The first-order valence-corrected chi connectivity index (χ1v) is 9.00. The third kappa shape index (κ3) is 7.87. The third-order valence-corrected chi connectivity index (χ3v) is 3.68. The lowest BCUT2D eigenvalue weighted by Gasteiger charge is -2.28. The van der Waals surface area contributed by atoms with Crippen molar-refractivity contribution in [1.29, 1.82) is 0 Å². The number of hydrogen-bond donors (Lipinski definition) is 2. The maximum Gasteiger partial charge on any atom is 0.408 e. The number of rotatable bonds is 7. The molecule has 26 heavy (non-hydrogen) atoms. The lowest BCUT2D eigenvalue weighted by molar-refractivity contribution is -0.150. The Hall–Kier alpha value is -2.08. The molecule has 1 amide bonds. The van der Waals surface area contributed by atoms with Gasteiger partial charge in [-0.25, -0.2) is 9.59 Å². The van der Waals surface area contributed by atoms with Gasteiger partial charge in [-0.15, -0.1) is 0 Å². The first-order valence-electron chi connectivity index (χ1n) is 9.00. The van der Waals surface area contributed by atoms with Crippen LogP contribution in [0.25, 0.3) is 0 Å². The Balaban J connectivity index is 2.98. The Labute approximate surface area is 156 Å². The summed E-state index contributed by atoms with van der Waals surface area (Å²) in [6.07, 6.45) is -0.609. The van der Waals surface area contributed by atoms with Crippen LogP contribution in [0.4, 0.5) is 4.79 Å². The van der Waals surface area contributed by atoms with Crippen LogP contribution in [0.2, 0.25) is 0 Å². The Bertz CT molecular complexity index is 579. The van der Waals surface area contributed by atoms with Crippen molar-refractivity contribution < 1.29 is 19.1 Å². The largest absolute Gasteiger partial charge is 0.461 e. The van der Waals surface area contributed by atoms with Gasteiger partial charge in [0.15, 0.2) is 0 Å². The molecular weight excluding hydrogens is 332 g/mol. The molecule has 1 rings (SSSR count). The molecule has 0 heterocycles. The maximum atomic E-state index is 12.5. The molecule has 0 unspecified atom stereocenters. The highest BCUT2D eigenvalue weighted by Crippen LogP contribution is 2.25. The maximum absolute atomic E-state index is 12.5. The number of alkyl carbamates (subject to hydrolysis) is 1. The highest BCUT2D eigenvalue weighted by atomic mass is 16.6. The van der Waals surface area contributed by atoms with Crippen LogP contribution in [0.1, 0.15) is 59.4 Å². The average Bonchev–Trinajstić information content (AvgIpc) is 2.49. The normalized spacial score (nSPS) is 15.1. The first kappa shape index (κ1) is 22.0. The molecule has 0 aliphatic carbocycles. The van der Waals surface area contributed by atoms with Crippen LogP contribution in [0.3, 0.4) is 0 Å². The summed E-state index contributed by atoms with van der Waals surface area (Å²) in [5.41, 5.74) is 6.51. The lowest BCUT2D eigenvalue weighted by atomic mass is 9.87. The van der Waals surface area contributed by atoms with Gasteiger partial charge < -0.3 is 20.5 Å². The summed E-state index contributed by atoms with van der Waals surface area (Å²) >= 11 is 0. The fraction of sp³-hybridized carbons (Fsp3) is 0.600. The molecule has 146 valence electrons. The molecule has 0 saturated heterocycles. The summed E-state index contributed by atoms with van der Waals surface area (Å²) in [5.74, 6) is -0.608. The van der Waals surface area contributed by atoms with Gasteiger partial charge in [0, 0.05) is 12.0 Å². The van der Waals surface area contributed by atoms with E-state index in [9.17, 15) is 9.59 Å². The molecule has 0 radical (unpaired) electrons. The second-order valence-electron chi connectivity index (χ2n) is 7.80. The Morgan fingerprint density at radius 3 is 2.15 bits per heavy atom. The zero-order valence-corrected chi connectivity index (χ0v) is 16.6. The van der Waals surface area contributed by atoms with Crippen molar-refractivity contribution >= 4 is 12.1 Å². The zero-order valence-electron chi connectivity index (χ0n) is 16.6. The smallest absolute Gasteiger partial charge is 0.408 e. The lowest BCUT2D eigenvalue weighted by Crippen LogP contribution is -2.46. The van der Waals surface area contributed by atoms with Gasteiger partial charge in [0.1, 0.15) is 11.6 Å². The number of nitrogens with one attached hydrogen (secondary N) is 1. The molecule has 0 saturated carbocycles. The molecule has 1 aromatic carbocycles. The Kier molecular flexibility index (Phi) is 8.08. The van der Waals surface area contributed by atoms with Gasteiger partial charge in [-0.3, -0.25) is 0 Å². The van der Waals surface area contributed by atoms with Crippen LogP contribution in [-0.4, -0.2) is 35.9 Å². The Morgan fingerprint density at radius 2 is 1.69 bits per heavy atom. The fourth-order valence-corrected chi connectivity index (χ4v) is 2.59. The molecular formula is C20H32N2O4. The van der Waals surface area contributed by atoms with Crippen LogP contribution in [0.15, 0.2) is 30.3 Å². The van der Waals surface area contributed by atoms with Gasteiger partial charge in [-0.1, -0.05) is 30.3 Å². The molecule has 0 aromatic heterocycles. The topological polar surface area (TPSA) is 90.6 Å². The quantitative estimate of drug-likeness (QED) is 0.724. The minimum atomic E-state index is -0.844. The number of ether oxygens (including phenoxy) is 2. The van der Waals surface area contributed by atoms with Gasteiger partial charge in [0.05, 0.1) is 6.10 Å². The van der Waals surface area contributed by atoms with E-state index in [1.165, 1.54) is 0 Å². The van der Waals surface area contributed by atoms with E-state index in [0.717, 1.165) is 5.56 Å². The van der Waals surface area contributed by atoms with Crippen LogP contribution < -0.4 is 11.1 Å². The third-order valence-electron chi connectivity index (χ3n) is 3.68. The molecule has 0 aliphatic heterocycles. The van der Waals surface area contributed by atoms with Crippen molar-refractivity contribution in [2.75, 3.05) is 0 Å². The Morgan fingerprint density at radius 1 is 1.12 bits per heavy atom. The molecule has 6 nitrogen and oxygen atoms in total. The second kappa shape index (κ2) is 9.57. The molecule has 0 bridgehead atoms. The van der Waals surface area contributed by atoms with Gasteiger partial charge in [-0.05, 0) is 53.5 Å². The van der Waals surface area contributed by atoms with Gasteiger partial charge >= 0.3 is 12.1 Å². The van der Waals surface area contributed by atoms with E-state index in [2.05, 4.69) is 5.32 Å². The van der Waals surface area contributed by atoms with Crippen molar-refractivity contribution in [1.82, 2.24) is 5.32 Å². The number of carbonyl (C=O) groups is 2. The number of carbonyl (C=O) groups excluding carboxylic acids is 2. The van der Waals surface area contributed by atoms with Crippen molar-refractivity contribution in [2.24, 2.45) is 5.73 Å². The van der Waals surface area contributed by atoms with Crippen LogP contribution in [0, 0.1) is 0 Å². The highest BCUT2D eigenvalue weighted by molar-refractivity contribution is 5.81. The fourth-order valence-electron chi connectivity index (χ4n) is 2.59. The summed E-state index contributed by atoms with van der Waals surface area (Å²) in [5, 5.41) is 2.64. The summed E-state index contributed by atoms with van der Waals surface area (Å²) < 4.78 is 10.6. The second-order valence-corrected chi connectivity index (χ2v) is 7.80. The molecule has 3 N–H and O–H groups in total. The van der Waals surface area contributed by atoms with E-state index in [0.29, 0.717) is 6.42 Å². The van der Waals surface area contributed by atoms with Gasteiger partial charge in [-0.2, -0.15) is 0 Å². The van der Waals surface area contributed by atoms with Crippen molar-refractivity contribution in [3.63, 3.8) is 0 Å². The summed E-state index contributed by atoms with van der Waals surface area (Å²) in [7, 11) is 0. The average molecular weight is 364 g/mol. The molecule has 0 aliphatic rings. The monoisotopic (exact) mass is 364 g/mol. The number of hydrogen-bond acceptors (Lipinski definition) is 5. The molecule has 1 aromatic rings. The van der Waals surface area contributed by atoms with Crippen molar-refractivity contribution in [3.8, 4) is 0 Å². The van der Waals surface area contributed by atoms with Gasteiger partial charge in [0.25, 0.3) is 0 Å². The molecule has 3 atom stereocenters. The molecule has 6 heteroatoms. The minimum Gasteiger partial charge on any atom is -0.461 e. The number of esters is 1. The van der Waals surface area contributed by atoms with E-state index >= 15 is 0 Å². The van der Waals surface area contributed by atoms with E-state index in [4.69, 9.17) is 15.2 Å². The number of nitrogens with two attached hydrogens (primary N) is 1. The predicted octanol–water partition coefficient (Wildman–Crippen LogP) is 3.35. The van der Waals surface area contributed by atoms with E-state index < -0.39 is 23.7 Å². The van der Waals surface area contributed by atoms with E-state index in [1.54, 1.807) is 34.6 Å². The van der Waals surface area contributed by atoms with Gasteiger partial charge in [0.2, 0.25) is 0 Å². The summed E-state index contributed by atoms with van der Waals surface area (Å²) in [6, 6.07) is 8.65.